The van der Waals surface area contributed by atoms with Crippen LogP contribution in [-0.2, 0) is 6.54 Å². The smallest absolute Gasteiger partial charge is 0.0972 e. The molecule has 0 radical (unpaired) electrons. The third-order valence-corrected chi connectivity index (χ3v) is 3.37. The summed E-state index contributed by atoms with van der Waals surface area (Å²) < 4.78 is 0.849. The highest BCUT2D eigenvalue weighted by Crippen LogP contribution is 2.23. The van der Waals surface area contributed by atoms with E-state index < -0.39 is 5.60 Å². The van der Waals surface area contributed by atoms with Gasteiger partial charge in [0.05, 0.1) is 17.2 Å². The van der Waals surface area contributed by atoms with Gasteiger partial charge in [-0.2, -0.15) is 0 Å². The summed E-state index contributed by atoms with van der Waals surface area (Å²) in [4.78, 5) is 0. The van der Waals surface area contributed by atoms with E-state index in [1.54, 1.807) is 6.92 Å². The number of rotatable bonds is 5. The Bertz CT molecular complexity index is 358. The molecule has 0 saturated carbocycles. The molecule has 0 aliphatic heterocycles. The van der Waals surface area contributed by atoms with Gasteiger partial charge in [-0.1, -0.05) is 17.7 Å². The predicted octanol–water partition coefficient (Wildman–Crippen LogP) is 1.94. The molecule has 1 unspecified atom stereocenters. The molecule has 1 aromatic rings. The monoisotopic (exact) mass is 307 g/mol. The normalized spacial score (nSPS) is 14.8. The summed E-state index contributed by atoms with van der Waals surface area (Å²) in [5.41, 5.74) is -0.0195. The van der Waals surface area contributed by atoms with Crippen molar-refractivity contribution in [1.29, 1.82) is 0 Å². The van der Waals surface area contributed by atoms with Crippen LogP contribution in [0.2, 0.25) is 5.02 Å². The lowest BCUT2D eigenvalue weighted by Crippen LogP contribution is -2.40. The van der Waals surface area contributed by atoms with Gasteiger partial charge in [0.15, 0.2) is 0 Å². The van der Waals surface area contributed by atoms with Crippen molar-refractivity contribution >= 4 is 27.5 Å². The van der Waals surface area contributed by atoms with Crippen LogP contribution in [0.1, 0.15) is 12.5 Å². The van der Waals surface area contributed by atoms with Gasteiger partial charge in [0.2, 0.25) is 0 Å². The van der Waals surface area contributed by atoms with Gasteiger partial charge in [0.1, 0.15) is 0 Å². The zero-order valence-corrected chi connectivity index (χ0v) is 11.3. The van der Waals surface area contributed by atoms with Crippen molar-refractivity contribution in [3.05, 3.63) is 33.3 Å². The van der Waals surface area contributed by atoms with Gasteiger partial charge in [0.25, 0.3) is 0 Å². The summed E-state index contributed by atoms with van der Waals surface area (Å²) in [7, 11) is 0. The summed E-state index contributed by atoms with van der Waals surface area (Å²) >= 11 is 9.21. The quantitative estimate of drug-likeness (QED) is 0.779. The largest absolute Gasteiger partial charge is 0.393 e. The second-order valence-electron chi connectivity index (χ2n) is 4.01. The maximum atomic E-state index is 9.56. The van der Waals surface area contributed by atoms with Gasteiger partial charge in [-0.15, -0.1) is 0 Å². The molecular formula is C11H15BrClNO2. The lowest BCUT2D eigenvalue weighted by molar-refractivity contribution is 0.00254. The zero-order valence-electron chi connectivity index (χ0n) is 9.00. The first kappa shape index (κ1) is 13.9. The molecule has 3 nitrogen and oxygen atoms in total. The third kappa shape index (κ3) is 4.39. The van der Waals surface area contributed by atoms with Gasteiger partial charge in [-0.25, -0.2) is 0 Å². The Hall–Kier alpha value is -0.130. The Balaban J connectivity index is 2.46. The maximum Gasteiger partial charge on any atom is 0.0972 e. The van der Waals surface area contributed by atoms with E-state index in [0.29, 0.717) is 18.1 Å². The van der Waals surface area contributed by atoms with Crippen LogP contribution < -0.4 is 5.32 Å². The highest BCUT2D eigenvalue weighted by Gasteiger charge is 2.17. The van der Waals surface area contributed by atoms with Crippen molar-refractivity contribution in [3.63, 3.8) is 0 Å². The van der Waals surface area contributed by atoms with Crippen LogP contribution in [0.15, 0.2) is 22.7 Å². The molecule has 0 fully saturated rings. The van der Waals surface area contributed by atoms with E-state index >= 15 is 0 Å². The minimum Gasteiger partial charge on any atom is -0.393 e. The van der Waals surface area contributed by atoms with Crippen LogP contribution in [0.4, 0.5) is 0 Å². The summed E-state index contributed by atoms with van der Waals surface area (Å²) in [5.74, 6) is 0. The van der Waals surface area contributed by atoms with Crippen LogP contribution in [0.25, 0.3) is 0 Å². The first-order chi connectivity index (χ1) is 7.44. The van der Waals surface area contributed by atoms with E-state index in [1.807, 2.05) is 18.2 Å². The van der Waals surface area contributed by atoms with Crippen molar-refractivity contribution in [2.75, 3.05) is 13.2 Å². The van der Waals surface area contributed by atoms with Crippen molar-refractivity contribution < 1.29 is 10.2 Å². The fourth-order valence-electron chi connectivity index (χ4n) is 1.18. The minimum absolute atomic E-state index is 0.260. The van der Waals surface area contributed by atoms with E-state index in [2.05, 4.69) is 21.2 Å². The molecule has 5 heteroatoms. The Morgan fingerprint density at radius 3 is 2.75 bits per heavy atom. The first-order valence-corrected chi connectivity index (χ1v) is 6.09. The van der Waals surface area contributed by atoms with Crippen molar-refractivity contribution in [2.45, 2.75) is 19.1 Å². The molecule has 0 saturated heterocycles. The Morgan fingerprint density at radius 2 is 2.19 bits per heavy atom. The standard InChI is InChI=1S/C11H15BrClNO2/c1-11(16,7-15)6-14-5-8-2-3-10(13)9(12)4-8/h2-4,14-16H,5-7H2,1H3. The maximum absolute atomic E-state index is 9.56. The number of aliphatic hydroxyl groups excluding tert-OH is 1. The van der Waals surface area contributed by atoms with Crippen LogP contribution in [-0.4, -0.2) is 29.0 Å². The Kier molecular flexibility index (Phi) is 5.21. The second kappa shape index (κ2) is 5.98. The molecule has 0 aliphatic rings. The molecule has 3 N–H and O–H groups in total. The van der Waals surface area contributed by atoms with E-state index in [-0.39, 0.29) is 6.61 Å². The zero-order chi connectivity index (χ0) is 12.2. The van der Waals surface area contributed by atoms with Crippen molar-refractivity contribution in [1.82, 2.24) is 5.32 Å². The van der Waals surface area contributed by atoms with E-state index in [1.165, 1.54) is 0 Å². The van der Waals surface area contributed by atoms with E-state index in [0.717, 1.165) is 10.0 Å². The van der Waals surface area contributed by atoms with Gasteiger partial charge in [0, 0.05) is 17.6 Å². The summed E-state index contributed by atoms with van der Waals surface area (Å²) in [6.07, 6.45) is 0. The summed E-state index contributed by atoms with van der Waals surface area (Å²) in [6, 6.07) is 5.64. The molecule has 16 heavy (non-hydrogen) atoms. The van der Waals surface area contributed by atoms with Crippen molar-refractivity contribution in [2.24, 2.45) is 0 Å². The van der Waals surface area contributed by atoms with Gasteiger partial charge < -0.3 is 15.5 Å². The Morgan fingerprint density at radius 1 is 1.50 bits per heavy atom. The number of benzene rings is 1. The highest BCUT2D eigenvalue weighted by molar-refractivity contribution is 9.10. The first-order valence-electron chi connectivity index (χ1n) is 4.92. The third-order valence-electron chi connectivity index (χ3n) is 2.16. The highest BCUT2D eigenvalue weighted by atomic mass is 79.9. The molecule has 0 aromatic heterocycles. The predicted molar refractivity (Wildman–Crippen MR) is 68.6 cm³/mol. The summed E-state index contributed by atoms with van der Waals surface area (Å²) in [5, 5.41) is 22.2. The van der Waals surface area contributed by atoms with Gasteiger partial charge >= 0.3 is 0 Å². The number of hydrogen-bond acceptors (Lipinski definition) is 3. The number of nitrogens with one attached hydrogen (secondary N) is 1. The van der Waals surface area contributed by atoms with Crippen molar-refractivity contribution in [3.8, 4) is 0 Å². The number of halogens is 2. The van der Waals surface area contributed by atoms with E-state index in [9.17, 15) is 5.11 Å². The lowest BCUT2D eigenvalue weighted by Gasteiger charge is -2.20. The molecular weight excluding hydrogens is 293 g/mol. The van der Waals surface area contributed by atoms with E-state index in [4.69, 9.17) is 16.7 Å². The molecule has 1 atom stereocenters. The van der Waals surface area contributed by atoms with Crippen LogP contribution in [0.3, 0.4) is 0 Å². The molecule has 0 amide bonds. The van der Waals surface area contributed by atoms with Gasteiger partial charge in [-0.3, -0.25) is 0 Å². The fourth-order valence-corrected chi connectivity index (χ4v) is 1.73. The van der Waals surface area contributed by atoms with Crippen LogP contribution in [0, 0.1) is 0 Å². The van der Waals surface area contributed by atoms with Crippen LogP contribution in [0.5, 0.6) is 0 Å². The van der Waals surface area contributed by atoms with Crippen LogP contribution >= 0.6 is 27.5 Å². The average Bonchev–Trinajstić information content (AvgIpc) is 2.23. The topological polar surface area (TPSA) is 52.5 Å². The lowest BCUT2D eigenvalue weighted by atomic mass is 10.1. The second-order valence-corrected chi connectivity index (χ2v) is 5.27. The molecule has 1 rings (SSSR count). The summed E-state index contributed by atoms with van der Waals surface area (Å²) in [6.45, 7) is 2.28. The molecule has 0 heterocycles. The molecule has 0 spiro atoms. The SMILES string of the molecule is CC(O)(CO)CNCc1ccc(Cl)c(Br)c1. The number of aliphatic hydroxyl groups is 2. The number of hydrogen-bond donors (Lipinski definition) is 3. The average molecular weight is 309 g/mol. The Labute approximate surface area is 109 Å². The molecule has 0 bridgehead atoms. The minimum atomic E-state index is -1.08. The fraction of sp³-hybridized carbons (Fsp3) is 0.455. The molecule has 1 aromatic carbocycles. The molecule has 90 valence electrons. The molecule has 0 aliphatic carbocycles. The van der Waals surface area contributed by atoms with Gasteiger partial charge in [-0.05, 0) is 40.5 Å².